The van der Waals surface area contributed by atoms with Crippen molar-refractivity contribution in [2.75, 3.05) is 6.61 Å². The van der Waals surface area contributed by atoms with Gasteiger partial charge in [-0.15, -0.1) is 0 Å². The zero-order chi connectivity index (χ0) is 13.5. The van der Waals surface area contributed by atoms with Gasteiger partial charge in [-0.3, -0.25) is 4.79 Å². The molecule has 0 bridgehead atoms. The summed E-state index contributed by atoms with van der Waals surface area (Å²) in [5, 5.41) is 9.18. The third-order valence-corrected chi connectivity index (χ3v) is 2.22. The van der Waals surface area contributed by atoms with Crippen LogP contribution in [0, 0.1) is 11.8 Å². The number of carbonyl (C=O) groups is 2. The third kappa shape index (κ3) is 4.48. The summed E-state index contributed by atoms with van der Waals surface area (Å²) < 4.78 is 4.65. The molecule has 0 saturated heterocycles. The van der Waals surface area contributed by atoms with Gasteiger partial charge in [0.25, 0.3) is 0 Å². The topological polar surface area (TPSA) is 63.6 Å². The maximum Gasteiger partial charge on any atom is 0.384 e. The van der Waals surface area contributed by atoms with Gasteiger partial charge in [-0.1, -0.05) is 23.6 Å². The molecule has 0 radical (unpaired) electrons. The predicted octanol–water partition coefficient (Wildman–Crippen LogP) is 1.88. The molecule has 4 nitrogen and oxygen atoms in total. The lowest BCUT2D eigenvalue weighted by molar-refractivity contribution is -0.137. The van der Waals surface area contributed by atoms with E-state index in [0.717, 1.165) is 0 Å². The van der Waals surface area contributed by atoms with E-state index >= 15 is 0 Å². The quantitative estimate of drug-likeness (QED) is 0.670. The lowest BCUT2D eigenvalue weighted by Crippen LogP contribution is -2.03. The molecule has 0 aromatic heterocycles. The van der Waals surface area contributed by atoms with Crippen LogP contribution in [0.2, 0.25) is 5.02 Å². The number of aliphatic carboxylic acids is 1. The largest absolute Gasteiger partial charge is 0.481 e. The Morgan fingerprint density at radius 3 is 2.78 bits per heavy atom. The molecule has 1 rings (SSSR count). The summed E-state index contributed by atoms with van der Waals surface area (Å²) in [4.78, 5) is 21.8. The van der Waals surface area contributed by atoms with Crippen LogP contribution in [0.4, 0.5) is 0 Å². The van der Waals surface area contributed by atoms with Crippen molar-refractivity contribution >= 4 is 23.5 Å². The molecule has 0 aliphatic heterocycles. The molecule has 5 heteroatoms. The van der Waals surface area contributed by atoms with E-state index in [-0.39, 0.29) is 13.0 Å². The van der Waals surface area contributed by atoms with Crippen LogP contribution in [-0.2, 0) is 20.7 Å². The van der Waals surface area contributed by atoms with Gasteiger partial charge in [0.05, 0.1) is 13.0 Å². The van der Waals surface area contributed by atoms with Gasteiger partial charge in [-0.05, 0) is 24.6 Å². The average Bonchev–Trinajstić information content (AvgIpc) is 2.29. The zero-order valence-electron chi connectivity index (χ0n) is 9.70. The highest BCUT2D eigenvalue weighted by atomic mass is 35.5. The Morgan fingerprint density at radius 1 is 1.44 bits per heavy atom. The molecule has 0 saturated carbocycles. The van der Waals surface area contributed by atoms with E-state index in [4.69, 9.17) is 16.7 Å². The van der Waals surface area contributed by atoms with E-state index in [1.807, 2.05) is 0 Å². The van der Waals surface area contributed by atoms with E-state index in [2.05, 4.69) is 16.6 Å². The summed E-state index contributed by atoms with van der Waals surface area (Å²) in [7, 11) is 0. The number of carboxylic acid groups (broad SMARTS) is 1. The van der Waals surface area contributed by atoms with Crippen molar-refractivity contribution in [3.63, 3.8) is 0 Å². The fourth-order valence-corrected chi connectivity index (χ4v) is 1.44. The second-order valence-electron chi connectivity index (χ2n) is 3.34. The monoisotopic (exact) mass is 266 g/mol. The number of ether oxygens (including phenoxy) is 1. The second-order valence-corrected chi connectivity index (χ2v) is 3.78. The first-order valence-corrected chi connectivity index (χ1v) is 5.59. The normalized spacial score (nSPS) is 9.22. The van der Waals surface area contributed by atoms with Crippen LogP contribution in [0.3, 0.4) is 0 Å². The average molecular weight is 267 g/mol. The van der Waals surface area contributed by atoms with E-state index in [1.54, 1.807) is 19.1 Å². The standard InChI is InChI=1S/C13H11ClO4/c1-2-18-13(17)6-4-9-7-11(14)5-3-10(9)8-12(15)16/h3,5,7H,2,8H2,1H3,(H,15,16). The number of hydrogen-bond acceptors (Lipinski definition) is 3. The number of carboxylic acids is 1. The Kier molecular flexibility index (Phi) is 5.22. The second kappa shape index (κ2) is 6.67. The van der Waals surface area contributed by atoms with Gasteiger partial charge in [0.15, 0.2) is 0 Å². The molecule has 0 heterocycles. The summed E-state index contributed by atoms with van der Waals surface area (Å²) in [6.07, 6.45) is -0.177. The molecule has 18 heavy (non-hydrogen) atoms. The highest BCUT2D eigenvalue weighted by Gasteiger charge is 2.06. The van der Waals surface area contributed by atoms with Crippen LogP contribution in [0.25, 0.3) is 0 Å². The van der Waals surface area contributed by atoms with Gasteiger partial charge in [0, 0.05) is 16.5 Å². The van der Waals surface area contributed by atoms with Gasteiger partial charge in [-0.2, -0.15) is 0 Å². The molecule has 1 aromatic rings. The van der Waals surface area contributed by atoms with Crippen LogP contribution in [-0.4, -0.2) is 23.7 Å². The minimum absolute atomic E-state index is 0.177. The van der Waals surface area contributed by atoms with Gasteiger partial charge in [0.1, 0.15) is 0 Å². The van der Waals surface area contributed by atoms with Crippen molar-refractivity contribution in [1.82, 2.24) is 0 Å². The van der Waals surface area contributed by atoms with Crippen molar-refractivity contribution in [2.24, 2.45) is 0 Å². The summed E-state index contributed by atoms with van der Waals surface area (Å²) in [6, 6.07) is 4.67. The van der Waals surface area contributed by atoms with Crippen LogP contribution in [0.15, 0.2) is 18.2 Å². The Hall–Kier alpha value is -1.99. The fraction of sp³-hybridized carbons (Fsp3) is 0.231. The van der Waals surface area contributed by atoms with Crippen LogP contribution < -0.4 is 0 Å². The summed E-state index contributed by atoms with van der Waals surface area (Å²) in [6.45, 7) is 1.92. The molecule has 94 valence electrons. The molecule has 0 spiro atoms. The van der Waals surface area contributed by atoms with E-state index in [0.29, 0.717) is 16.1 Å². The van der Waals surface area contributed by atoms with Gasteiger partial charge < -0.3 is 9.84 Å². The summed E-state index contributed by atoms with van der Waals surface area (Å²) >= 11 is 5.80. The smallest absolute Gasteiger partial charge is 0.384 e. The number of carbonyl (C=O) groups excluding carboxylic acids is 1. The molecule has 0 aliphatic carbocycles. The van der Waals surface area contributed by atoms with E-state index in [9.17, 15) is 9.59 Å². The third-order valence-electron chi connectivity index (χ3n) is 1.99. The minimum Gasteiger partial charge on any atom is -0.481 e. The number of benzene rings is 1. The van der Waals surface area contributed by atoms with Gasteiger partial charge in [0.2, 0.25) is 0 Å². The van der Waals surface area contributed by atoms with E-state index in [1.165, 1.54) is 6.07 Å². The van der Waals surface area contributed by atoms with Crippen molar-refractivity contribution in [2.45, 2.75) is 13.3 Å². The predicted molar refractivity (Wildman–Crippen MR) is 66.3 cm³/mol. The van der Waals surface area contributed by atoms with Crippen LogP contribution in [0.1, 0.15) is 18.1 Å². The molecule has 0 fully saturated rings. The molecular weight excluding hydrogens is 256 g/mol. The first kappa shape index (κ1) is 14.1. The molecular formula is C13H11ClO4. The minimum atomic E-state index is -0.975. The maximum atomic E-state index is 11.1. The SMILES string of the molecule is CCOC(=O)C#Cc1cc(Cl)ccc1CC(=O)O. The number of halogens is 1. The molecule has 0 atom stereocenters. The van der Waals surface area contributed by atoms with Gasteiger partial charge >= 0.3 is 11.9 Å². The molecule has 0 amide bonds. The van der Waals surface area contributed by atoms with Crippen molar-refractivity contribution in [3.05, 3.63) is 34.3 Å². The Balaban J connectivity index is 3.01. The van der Waals surface area contributed by atoms with Crippen molar-refractivity contribution in [3.8, 4) is 11.8 Å². The van der Waals surface area contributed by atoms with E-state index < -0.39 is 11.9 Å². The summed E-state index contributed by atoms with van der Waals surface area (Å²) in [5.74, 6) is 3.22. The molecule has 1 aromatic carbocycles. The maximum absolute atomic E-state index is 11.1. The zero-order valence-corrected chi connectivity index (χ0v) is 10.5. The van der Waals surface area contributed by atoms with Crippen molar-refractivity contribution in [1.29, 1.82) is 0 Å². The number of esters is 1. The highest BCUT2D eigenvalue weighted by Crippen LogP contribution is 2.16. The fourth-order valence-electron chi connectivity index (χ4n) is 1.27. The lowest BCUT2D eigenvalue weighted by atomic mass is 10.1. The molecule has 1 N–H and O–H groups in total. The van der Waals surface area contributed by atoms with Gasteiger partial charge in [-0.25, -0.2) is 4.79 Å². The van der Waals surface area contributed by atoms with Crippen LogP contribution >= 0.6 is 11.6 Å². The highest BCUT2D eigenvalue weighted by molar-refractivity contribution is 6.30. The first-order valence-electron chi connectivity index (χ1n) is 5.22. The molecule has 0 aliphatic rings. The number of hydrogen-bond donors (Lipinski definition) is 1. The molecule has 0 unspecified atom stereocenters. The Morgan fingerprint density at radius 2 is 2.17 bits per heavy atom. The summed E-state index contributed by atoms with van der Waals surface area (Å²) in [5.41, 5.74) is 0.918. The number of rotatable bonds is 3. The lowest BCUT2D eigenvalue weighted by Gasteiger charge is -2.01. The Bertz CT molecular complexity index is 526. The Labute approximate surface area is 110 Å². The first-order chi connectivity index (χ1) is 8.52. The van der Waals surface area contributed by atoms with Crippen molar-refractivity contribution < 1.29 is 19.4 Å². The van der Waals surface area contributed by atoms with Crippen LogP contribution in [0.5, 0.6) is 0 Å².